The zero-order chi connectivity index (χ0) is 39.9. The Bertz CT molecular complexity index is 3760. The van der Waals surface area contributed by atoms with Gasteiger partial charge in [-0.3, -0.25) is 0 Å². The van der Waals surface area contributed by atoms with Gasteiger partial charge in [0.1, 0.15) is 12.1 Å². The van der Waals surface area contributed by atoms with Gasteiger partial charge in [-0.15, -0.1) is 11.3 Å². The third-order valence-corrected chi connectivity index (χ3v) is 13.1. The fourth-order valence-electron chi connectivity index (χ4n) is 9.40. The van der Waals surface area contributed by atoms with Crippen molar-refractivity contribution >= 4 is 103 Å². The van der Waals surface area contributed by atoms with E-state index >= 15 is 0 Å². The van der Waals surface area contributed by atoms with Crippen molar-refractivity contribution < 1.29 is 0 Å². The van der Waals surface area contributed by atoms with E-state index in [-0.39, 0.29) is 0 Å². The molecule has 0 unspecified atom stereocenters. The van der Waals surface area contributed by atoms with Crippen molar-refractivity contribution in [3.63, 3.8) is 0 Å². The molecule has 0 aliphatic rings. The van der Waals surface area contributed by atoms with Crippen molar-refractivity contribution in [2.24, 2.45) is 0 Å². The zero-order valence-corrected chi connectivity index (χ0v) is 32.9. The summed E-state index contributed by atoms with van der Waals surface area (Å²) >= 11 is 1.80. The summed E-state index contributed by atoms with van der Waals surface area (Å²) in [5.41, 5.74) is 9.32. The second kappa shape index (κ2) is 13.2. The summed E-state index contributed by atoms with van der Waals surface area (Å²) in [5, 5.41) is 31.2. The topological polar surface area (TPSA) is 60.7 Å². The third-order valence-electron chi connectivity index (χ3n) is 11.9. The highest BCUT2D eigenvalue weighted by atomic mass is 32.1. The molecule has 9 aromatic carbocycles. The van der Waals surface area contributed by atoms with Gasteiger partial charge in [0.05, 0.1) is 44.6 Å². The molecular weight excluding hydrogens is 751 g/mol. The fourth-order valence-corrected chi connectivity index (χ4v) is 10.7. The van der Waals surface area contributed by atoms with Crippen LogP contribution in [0.4, 0.5) is 17.1 Å². The number of aromatic nitrogens is 2. The molecule has 0 atom stereocenters. The summed E-state index contributed by atoms with van der Waals surface area (Å²) in [6, 6.07) is 70.4. The van der Waals surface area contributed by atoms with Crippen molar-refractivity contribution in [2.45, 2.75) is 0 Å². The van der Waals surface area contributed by atoms with E-state index in [2.05, 4.69) is 184 Å². The number of hydrogen-bond acceptors (Lipinski definition) is 4. The quantitative estimate of drug-likeness (QED) is 0.175. The second-order valence-corrected chi connectivity index (χ2v) is 16.2. The third kappa shape index (κ3) is 4.90. The lowest BCUT2D eigenvalue weighted by Gasteiger charge is -2.25. The number of benzene rings is 9. The molecule has 0 amide bonds. The lowest BCUT2D eigenvalue weighted by Crippen LogP contribution is -2.09. The second-order valence-electron chi connectivity index (χ2n) is 15.1. The van der Waals surface area contributed by atoms with Crippen LogP contribution in [0.5, 0.6) is 0 Å². The first-order chi connectivity index (χ1) is 29.7. The Balaban J connectivity index is 1.13. The van der Waals surface area contributed by atoms with Gasteiger partial charge in [-0.1, -0.05) is 109 Å². The molecule has 60 heavy (non-hydrogen) atoms. The summed E-state index contributed by atoms with van der Waals surface area (Å²) in [4.78, 5) is 2.27. The van der Waals surface area contributed by atoms with E-state index < -0.39 is 0 Å². The maximum Gasteiger partial charge on any atom is 0.101 e. The average Bonchev–Trinajstić information content (AvgIpc) is 3.97. The standard InChI is InChI=1S/C54H31N5S/c55-32-35-30-50(36(33-56)29-49(35)58-45-21-11-9-20-43(45)53-48(58)28-25-42-41-19-10-12-22-51(41)60-54(42)53)59-46-27-24-39(57(37-14-3-1-4-15-37)38-16-5-2-6-17-38)31-44(46)52-40-18-8-7-13-34(40)23-26-47(52)59/h1-31H. The average molecular weight is 782 g/mol. The Labute approximate surface area is 348 Å². The van der Waals surface area contributed by atoms with Crippen LogP contribution in [-0.4, -0.2) is 9.13 Å². The minimum atomic E-state index is 0.476. The predicted molar refractivity (Wildman–Crippen MR) is 250 cm³/mol. The molecule has 0 radical (unpaired) electrons. The van der Waals surface area contributed by atoms with E-state index in [1.165, 1.54) is 20.2 Å². The molecule has 3 aromatic heterocycles. The number of anilines is 3. The van der Waals surface area contributed by atoms with Crippen LogP contribution in [0.25, 0.3) is 85.9 Å². The lowest BCUT2D eigenvalue weighted by atomic mass is 10.0. The smallest absolute Gasteiger partial charge is 0.101 e. The first kappa shape index (κ1) is 33.9. The van der Waals surface area contributed by atoms with E-state index in [4.69, 9.17) is 0 Å². The number of rotatable bonds is 5. The summed E-state index contributed by atoms with van der Waals surface area (Å²) in [7, 11) is 0. The van der Waals surface area contributed by atoms with Crippen LogP contribution in [0.15, 0.2) is 188 Å². The fraction of sp³-hybridized carbons (Fsp3) is 0. The Hall–Kier alpha value is -8.16. The number of para-hydroxylation sites is 3. The summed E-state index contributed by atoms with van der Waals surface area (Å²) in [5.74, 6) is 0. The monoisotopic (exact) mass is 781 g/mol. The molecule has 0 N–H and O–H groups in total. The van der Waals surface area contributed by atoms with Gasteiger partial charge in [0.2, 0.25) is 0 Å². The summed E-state index contributed by atoms with van der Waals surface area (Å²) in [6.07, 6.45) is 0. The Kier molecular flexibility index (Phi) is 7.46. The van der Waals surface area contributed by atoms with Crippen LogP contribution in [0.1, 0.15) is 11.1 Å². The molecule has 0 saturated heterocycles. The first-order valence-corrected chi connectivity index (χ1v) is 20.7. The van der Waals surface area contributed by atoms with Crippen LogP contribution in [0.2, 0.25) is 0 Å². The van der Waals surface area contributed by atoms with Crippen LogP contribution >= 0.6 is 11.3 Å². The normalized spacial score (nSPS) is 11.6. The Morgan fingerprint density at radius 2 is 0.950 bits per heavy atom. The SMILES string of the molecule is N#Cc1cc(-n2c3ccccc3c3c4sc5ccccc5c4ccc32)c(C#N)cc1-n1c2ccc(N(c3ccccc3)c3ccccc3)cc2c2c3ccccc3ccc21. The molecule has 0 spiro atoms. The molecule has 0 bridgehead atoms. The molecule has 12 aromatic rings. The largest absolute Gasteiger partial charge is 0.310 e. The van der Waals surface area contributed by atoms with Crippen LogP contribution in [-0.2, 0) is 0 Å². The minimum Gasteiger partial charge on any atom is -0.310 e. The van der Waals surface area contributed by atoms with E-state index in [9.17, 15) is 10.5 Å². The maximum absolute atomic E-state index is 11.1. The van der Waals surface area contributed by atoms with Gasteiger partial charge < -0.3 is 14.0 Å². The molecule has 0 saturated carbocycles. The Morgan fingerprint density at radius 1 is 0.400 bits per heavy atom. The van der Waals surface area contributed by atoms with Crippen molar-refractivity contribution in [3.8, 4) is 23.5 Å². The highest BCUT2D eigenvalue weighted by Crippen LogP contribution is 2.45. The highest BCUT2D eigenvalue weighted by molar-refractivity contribution is 7.26. The number of thiophene rings is 1. The van der Waals surface area contributed by atoms with Gasteiger partial charge >= 0.3 is 0 Å². The molecule has 0 aliphatic heterocycles. The van der Waals surface area contributed by atoms with Gasteiger partial charge in [-0.2, -0.15) is 10.5 Å². The molecule has 12 rings (SSSR count). The number of fused-ring (bicyclic) bond motifs is 12. The number of nitrogens with zero attached hydrogens (tertiary/aromatic N) is 5. The first-order valence-electron chi connectivity index (χ1n) is 19.9. The maximum atomic E-state index is 11.1. The molecule has 0 aliphatic carbocycles. The Morgan fingerprint density at radius 3 is 1.65 bits per heavy atom. The van der Waals surface area contributed by atoms with Crippen molar-refractivity contribution in [1.29, 1.82) is 10.5 Å². The van der Waals surface area contributed by atoms with Crippen LogP contribution in [0.3, 0.4) is 0 Å². The summed E-state index contributed by atoms with van der Waals surface area (Å²) in [6.45, 7) is 0. The van der Waals surface area contributed by atoms with Crippen LogP contribution < -0.4 is 4.90 Å². The van der Waals surface area contributed by atoms with Crippen molar-refractivity contribution in [2.75, 3.05) is 4.90 Å². The van der Waals surface area contributed by atoms with E-state index in [1.807, 2.05) is 30.3 Å². The molecule has 6 heteroatoms. The lowest BCUT2D eigenvalue weighted by molar-refractivity contribution is 1.12. The number of hydrogen-bond donors (Lipinski definition) is 0. The molecule has 0 fully saturated rings. The predicted octanol–water partition coefficient (Wildman–Crippen LogP) is 14.6. The zero-order valence-electron chi connectivity index (χ0n) is 32.0. The number of nitriles is 2. The highest BCUT2D eigenvalue weighted by Gasteiger charge is 2.24. The minimum absolute atomic E-state index is 0.476. The molecule has 278 valence electrons. The van der Waals surface area contributed by atoms with Crippen molar-refractivity contribution in [3.05, 3.63) is 199 Å². The van der Waals surface area contributed by atoms with Gasteiger partial charge in [0, 0.05) is 58.8 Å². The van der Waals surface area contributed by atoms with Gasteiger partial charge in [0.25, 0.3) is 0 Å². The summed E-state index contributed by atoms with van der Waals surface area (Å²) < 4.78 is 6.80. The van der Waals surface area contributed by atoms with E-state index in [1.54, 1.807) is 11.3 Å². The molecule has 5 nitrogen and oxygen atoms in total. The van der Waals surface area contributed by atoms with E-state index in [0.717, 1.165) is 71.4 Å². The van der Waals surface area contributed by atoms with Crippen molar-refractivity contribution in [1.82, 2.24) is 9.13 Å². The van der Waals surface area contributed by atoms with Crippen LogP contribution in [0, 0.1) is 22.7 Å². The van der Waals surface area contributed by atoms with E-state index in [0.29, 0.717) is 22.5 Å². The van der Waals surface area contributed by atoms with Gasteiger partial charge in [-0.05, 0) is 89.6 Å². The van der Waals surface area contributed by atoms with Gasteiger partial charge in [0.15, 0.2) is 0 Å². The molecule has 3 heterocycles. The molecular formula is C54H31N5S. The van der Waals surface area contributed by atoms with Gasteiger partial charge in [-0.25, -0.2) is 0 Å².